The molecule has 110 valence electrons. The van der Waals surface area contributed by atoms with Gasteiger partial charge in [-0.05, 0) is 46.1 Å². The first kappa shape index (κ1) is 15.9. The maximum Gasteiger partial charge on any atom is 0.292 e. The Bertz CT molecular complexity index is 502. The summed E-state index contributed by atoms with van der Waals surface area (Å²) in [5, 5.41) is 13.5. The summed E-state index contributed by atoms with van der Waals surface area (Å²) < 4.78 is 0. The van der Waals surface area contributed by atoms with Crippen molar-refractivity contribution in [3.05, 3.63) is 33.9 Å². The quantitative estimate of drug-likeness (QED) is 0.464. The van der Waals surface area contributed by atoms with E-state index in [0.29, 0.717) is 5.56 Å². The Morgan fingerprint density at radius 1 is 1.50 bits per heavy atom. The van der Waals surface area contributed by atoms with Crippen molar-refractivity contribution >= 4 is 17.3 Å². The molecule has 7 heteroatoms. The molecule has 1 rings (SSSR count). The molecule has 1 aromatic carbocycles. The van der Waals surface area contributed by atoms with E-state index in [2.05, 4.69) is 5.32 Å². The number of benzene rings is 1. The van der Waals surface area contributed by atoms with E-state index in [1.165, 1.54) is 18.2 Å². The molecule has 0 spiro atoms. The van der Waals surface area contributed by atoms with Gasteiger partial charge in [-0.25, -0.2) is 0 Å². The van der Waals surface area contributed by atoms with Gasteiger partial charge in [0.05, 0.1) is 4.92 Å². The van der Waals surface area contributed by atoms with Gasteiger partial charge in [0.2, 0.25) is 0 Å². The highest BCUT2D eigenvalue weighted by Gasteiger charge is 2.15. The first-order chi connectivity index (χ1) is 9.31. The summed E-state index contributed by atoms with van der Waals surface area (Å²) in [6.07, 6.45) is 0.821. The van der Waals surface area contributed by atoms with Crippen molar-refractivity contribution in [3.63, 3.8) is 0 Å². The first-order valence-corrected chi connectivity index (χ1v) is 6.30. The largest absolute Gasteiger partial charge is 0.393 e. The van der Waals surface area contributed by atoms with Crippen LogP contribution in [0.5, 0.6) is 0 Å². The number of nitro groups is 1. The molecule has 0 aliphatic heterocycles. The molecule has 0 aromatic heterocycles. The number of hydrogen-bond acceptors (Lipinski definition) is 5. The van der Waals surface area contributed by atoms with Crippen LogP contribution >= 0.6 is 0 Å². The lowest BCUT2D eigenvalue weighted by Gasteiger charge is -2.16. The summed E-state index contributed by atoms with van der Waals surface area (Å²) in [5.74, 6) is -0.280. The number of nitrogens with two attached hydrogens (primary N) is 1. The molecular weight excluding hydrogens is 260 g/mol. The van der Waals surface area contributed by atoms with Crippen molar-refractivity contribution in [3.8, 4) is 0 Å². The molecule has 20 heavy (non-hydrogen) atoms. The van der Waals surface area contributed by atoms with Gasteiger partial charge in [-0.1, -0.05) is 0 Å². The van der Waals surface area contributed by atoms with E-state index >= 15 is 0 Å². The van der Waals surface area contributed by atoms with Gasteiger partial charge in [-0.15, -0.1) is 0 Å². The molecule has 0 bridgehead atoms. The van der Waals surface area contributed by atoms with Crippen LogP contribution in [0.4, 0.5) is 11.4 Å². The van der Waals surface area contributed by atoms with Crippen molar-refractivity contribution in [2.45, 2.75) is 19.4 Å². The lowest BCUT2D eigenvalue weighted by molar-refractivity contribution is -0.383. The van der Waals surface area contributed by atoms with Gasteiger partial charge in [0.25, 0.3) is 11.6 Å². The Balaban J connectivity index is 2.68. The molecule has 0 saturated heterocycles. The van der Waals surface area contributed by atoms with Crippen molar-refractivity contribution in [2.75, 3.05) is 26.4 Å². The normalized spacial score (nSPS) is 12.2. The number of carbonyl (C=O) groups is 1. The standard InChI is InChI=1S/C13H20N4O3/c1-9(6-7-16(2)3)15-13(18)10-4-5-12(17(19)20)11(14)8-10/h4-5,8-9H,6-7,14H2,1-3H3,(H,15,18). The minimum Gasteiger partial charge on any atom is -0.393 e. The molecule has 0 aliphatic carbocycles. The third kappa shape index (κ3) is 4.51. The molecule has 1 amide bonds. The van der Waals surface area contributed by atoms with Crippen LogP contribution in [0.15, 0.2) is 18.2 Å². The van der Waals surface area contributed by atoms with Crippen molar-refractivity contribution in [2.24, 2.45) is 0 Å². The molecule has 1 atom stereocenters. The average molecular weight is 280 g/mol. The molecule has 1 unspecified atom stereocenters. The summed E-state index contributed by atoms with van der Waals surface area (Å²) in [5.41, 5.74) is 5.68. The number of nitrogen functional groups attached to an aromatic ring is 1. The SMILES string of the molecule is CC(CCN(C)C)NC(=O)c1ccc([N+](=O)[O-])c(N)c1. The highest BCUT2D eigenvalue weighted by molar-refractivity contribution is 5.95. The predicted molar refractivity (Wildman–Crippen MR) is 77.6 cm³/mol. The van der Waals surface area contributed by atoms with E-state index in [-0.39, 0.29) is 23.3 Å². The lowest BCUT2D eigenvalue weighted by atomic mass is 10.1. The second-order valence-electron chi connectivity index (χ2n) is 5.00. The summed E-state index contributed by atoms with van der Waals surface area (Å²) in [6, 6.07) is 3.99. The van der Waals surface area contributed by atoms with E-state index in [1.807, 2.05) is 25.9 Å². The Hall–Kier alpha value is -2.15. The molecule has 0 radical (unpaired) electrons. The van der Waals surface area contributed by atoms with Crippen molar-refractivity contribution < 1.29 is 9.72 Å². The van der Waals surface area contributed by atoms with Gasteiger partial charge in [0.15, 0.2) is 0 Å². The number of nitro benzene ring substituents is 1. The van der Waals surface area contributed by atoms with Crippen molar-refractivity contribution in [1.82, 2.24) is 10.2 Å². The smallest absolute Gasteiger partial charge is 0.292 e. The van der Waals surface area contributed by atoms with Gasteiger partial charge in [-0.3, -0.25) is 14.9 Å². The highest BCUT2D eigenvalue weighted by Crippen LogP contribution is 2.22. The van der Waals surface area contributed by atoms with Crippen LogP contribution < -0.4 is 11.1 Å². The highest BCUT2D eigenvalue weighted by atomic mass is 16.6. The average Bonchev–Trinajstić information content (AvgIpc) is 2.35. The Morgan fingerprint density at radius 3 is 2.65 bits per heavy atom. The number of nitrogens with zero attached hydrogens (tertiary/aromatic N) is 2. The van der Waals surface area contributed by atoms with Crippen LogP contribution in [-0.4, -0.2) is 42.4 Å². The van der Waals surface area contributed by atoms with E-state index < -0.39 is 4.92 Å². The fourth-order valence-corrected chi connectivity index (χ4v) is 1.69. The predicted octanol–water partition coefficient (Wildman–Crippen LogP) is 1.25. The Kier molecular flexibility index (Phi) is 5.45. The van der Waals surface area contributed by atoms with E-state index in [9.17, 15) is 14.9 Å². The zero-order valence-corrected chi connectivity index (χ0v) is 11.9. The first-order valence-electron chi connectivity index (χ1n) is 6.30. The molecule has 3 N–H and O–H groups in total. The second kappa shape index (κ2) is 6.85. The molecule has 0 heterocycles. The number of anilines is 1. The fourth-order valence-electron chi connectivity index (χ4n) is 1.69. The van der Waals surface area contributed by atoms with Gasteiger partial charge in [0.1, 0.15) is 5.69 Å². The number of nitrogens with one attached hydrogen (secondary N) is 1. The molecule has 0 fully saturated rings. The van der Waals surface area contributed by atoms with Crippen LogP contribution in [0.2, 0.25) is 0 Å². The number of hydrogen-bond donors (Lipinski definition) is 2. The minimum atomic E-state index is -0.573. The molecule has 0 saturated carbocycles. The zero-order chi connectivity index (χ0) is 15.3. The number of carbonyl (C=O) groups excluding carboxylic acids is 1. The fraction of sp³-hybridized carbons (Fsp3) is 0.462. The van der Waals surface area contributed by atoms with Gasteiger partial charge in [-0.2, -0.15) is 0 Å². The topological polar surface area (TPSA) is 102 Å². The zero-order valence-electron chi connectivity index (χ0n) is 11.9. The molecule has 7 nitrogen and oxygen atoms in total. The molecule has 1 aromatic rings. The minimum absolute atomic E-state index is 0.0106. The number of rotatable bonds is 6. The summed E-state index contributed by atoms with van der Waals surface area (Å²) in [4.78, 5) is 24.1. The monoisotopic (exact) mass is 280 g/mol. The summed E-state index contributed by atoms with van der Waals surface area (Å²) >= 11 is 0. The van der Waals surface area contributed by atoms with Gasteiger partial charge < -0.3 is 16.0 Å². The van der Waals surface area contributed by atoms with E-state index in [1.54, 1.807) is 0 Å². The molecule has 0 aliphatic rings. The van der Waals surface area contributed by atoms with Crippen LogP contribution in [0.3, 0.4) is 0 Å². The van der Waals surface area contributed by atoms with Gasteiger partial charge >= 0.3 is 0 Å². The van der Waals surface area contributed by atoms with Crippen LogP contribution in [0, 0.1) is 10.1 Å². The van der Waals surface area contributed by atoms with E-state index in [4.69, 9.17) is 5.73 Å². The Labute approximate surface area is 117 Å². The van der Waals surface area contributed by atoms with Gasteiger partial charge in [0, 0.05) is 17.7 Å². The maximum atomic E-state index is 12.0. The number of amides is 1. The van der Waals surface area contributed by atoms with Crippen LogP contribution in [0.25, 0.3) is 0 Å². The second-order valence-corrected chi connectivity index (χ2v) is 5.00. The van der Waals surface area contributed by atoms with Crippen molar-refractivity contribution in [1.29, 1.82) is 0 Å². The summed E-state index contributed by atoms with van der Waals surface area (Å²) in [7, 11) is 3.93. The lowest BCUT2D eigenvalue weighted by Crippen LogP contribution is -2.34. The maximum absolute atomic E-state index is 12.0. The Morgan fingerprint density at radius 2 is 2.15 bits per heavy atom. The van der Waals surface area contributed by atoms with Crippen LogP contribution in [0.1, 0.15) is 23.7 Å². The third-order valence-corrected chi connectivity index (χ3v) is 2.87. The molecular formula is C13H20N4O3. The van der Waals surface area contributed by atoms with E-state index in [0.717, 1.165) is 13.0 Å². The summed E-state index contributed by atoms with van der Waals surface area (Å²) in [6.45, 7) is 2.78. The third-order valence-electron chi connectivity index (χ3n) is 2.87. The van der Waals surface area contributed by atoms with Crippen LogP contribution in [-0.2, 0) is 0 Å².